The second-order valence-electron chi connectivity index (χ2n) is 3.34. The monoisotopic (exact) mass is 161 g/mol. The summed E-state index contributed by atoms with van der Waals surface area (Å²) in [7, 11) is 0. The van der Waals surface area contributed by atoms with E-state index in [0.717, 1.165) is 6.42 Å². The summed E-state index contributed by atoms with van der Waals surface area (Å²) < 4.78 is 0. The summed E-state index contributed by atoms with van der Waals surface area (Å²) in [5.74, 6) is 0.749. The Morgan fingerprint density at radius 2 is 2.50 bits per heavy atom. The normalized spacial score (nSPS) is 24.4. The fourth-order valence-electron chi connectivity index (χ4n) is 1.33. The molecular formula is C11H15N. The van der Waals surface area contributed by atoms with Crippen LogP contribution in [0.3, 0.4) is 0 Å². The van der Waals surface area contributed by atoms with E-state index in [2.05, 4.69) is 32.1 Å². The first-order valence-electron chi connectivity index (χ1n) is 4.55. The largest absolute Gasteiger partial charge is 0.198 e. The van der Waals surface area contributed by atoms with Crippen LogP contribution in [0, 0.1) is 23.2 Å². The summed E-state index contributed by atoms with van der Waals surface area (Å²) in [5.41, 5.74) is 1.39. The summed E-state index contributed by atoms with van der Waals surface area (Å²) in [5, 5.41) is 8.64. The third-order valence-corrected chi connectivity index (χ3v) is 2.48. The van der Waals surface area contributed by atoms with Crippen molar-refractivity contribution < 1.29 is 0 Å². The van der Waals surface area contributed by atoms with Gasteiger partial charge in [-0.25, -0.2) is 0 Å². The summed E-state index contributed by atoms with van der Waals surface area (Å²) in [6.45, 7) is 4.42. The Morgan fingerprint density at radius 1 is 1.75 bits per heavy atom. The van der Waals surface area contributed by atoms with E-state index < -0.39 is 0 Å². The summed E-state index contributed by atoms with van der Waals surface area (Å²) in [4.78, 5) is 0. The van der Waals surface area contributed by atoms with Crippen molar-refractivity contribution in [3.8, 4) is 6.07 Å². The van der Waals surface area contributed by atoms with Crippen LogP contribution in [0.15, 0.2) is 23.8 Å². The van der Waals surface area contributed by atoms with E-state index in [0.29, 0.717) is 5.92 Å². The van der Waals surface area contributed by atoms with Crippen LogP contribution in [-0.2, 0) is 0 Å². The maximum absolute atomic E-state index is 8.64. The van der Waals surface area contributed by atoms with Gasteiger partial charge in [-0.2, -0.15) is 5.26 Å². The zero-order valence-corrected chi connectivity index (χ0v) is 7.75. The van der Waals surface area contributed by atoms with Crippen molar-refractivity contribution in [2.45, 2.75) is 26.7 Å². The lowest BCUT2D eigenvalue weighted by Crippen LogP contribution is -2.02. The molecule has 2 unspecified atom stereocenters. The molecule has 0 radical (unpaired) electrons. The molecule has 0 saturated heterocycles. The van der Waals surface area contributed by atoms with Gasteiger partial charge >= 0.3 is 0 Å². The zero-order valence-electron chi connectivity index (χ0n) is 7.75. The molecule has 0 spiro atoms. The minimum Gasteiger partial charge on any atom is -0.198 e. The van der Waals surface area contributed by atoms with Crippen molar-refractivity contribution in [3.05, 3.63) is 23.8 Å². The molecule has 0 heterocycles. The molecule has 0 aliphatic heterocycles. The van der Waals surface area contributed by atoms with Gasteiger partial charge in [0.2, 0.25) is 0 Å². The molecule has 0 aromatic rings. The number of hydrogen-bond acceptors (Lipinski definition) is 1. The van der Waals surface area contributed by atoms with Crippen LogP contribution in [0.1, 0.15) is 26.7 Å². The molecule has 0 amide bonds. The molecule has 1 aliphatic carbocycles. The highest BCUT2D eigenvalue weighted by molar-refractivity contribution is 5.27. The first-order chi connectivity index (χ1) is 5.77. The fourth-order valence-corrected chi connectivity index (χ4v) is 1.33. The zero-order chi connectivity index (χ0) is 8.97. The minimum absolute atomic E-state index is 0.109. The molecule has 0 saturated carbocycles. The number of nitriles is 1. The first kappa shape index (κ1) is 9.06. The Hall–Kier alpha value is -1.03. The minimum atomic E-state index is 0.109. The van der Waals surface area contributed by atoms with Gasteiger partial charge in [-0.1, -0.05) is 32.1 Å². The van der Waals surface area contributed by atoms with Crippen molar-refractivity contribution in [3.63, 3.8) is 0 Å². The van der Waals surface area contributed by atoms with Crippen LogP contribution in [-0.4, -0.2) is 0 Å². The van der Waals surface area contributed by atoms with E-state index in [-0.39, 0.29) is 5.92 Å². The smallest absolute Gasteiger partial charge is 0.0700 e. The number of nitrogens with zero attached hydrogens (tertiary/aromatic N) is 1. The van der Waals surface area contributed by atoms with Crippen molar-refractivity contribution in [2.24, 2.45) is 11.8 Å². The maximum Gasteiger partial charge on any atom is 0.0700 e. The van der Waals surface area contributed by atoms with Crippen molar-refractivity contribution in [1.29, 1.82) is 5.26 Å². The van der Waals surface area contributed by atoms with Crippen molar-refractivity contribution in [2.75, 3.05) is 0 Å². The van der Waals surface area contributed by atoms with Crippen LogP contribution in [0.2, 0.25) is 0 Å². The lowest BCUT2D eigenvalue weighted by atomic mass is 9.90. The molecule has 0 fully saturated rings. The number of rotatable bonds is 2. The Bertz CT molecular complexity index is 242. The predicted octanol–water partition coefficient (Wildman–Crippen LogP) is 3.06. The van der Waals surface area contributed by atoms with Gasteiger partial charge in [0.25, 0.3) is 0 Å². The van der Waals surface area contributed by atoms with E-state index >= 15 is 0 Å². The first-order valence-corrected chi connectivity index (χ1v) is 4.55. The average Bonchev–Trinajstić information content (AvgIpc) is 2.17. The molecular weight excluding hydrogens is 146 g/mol. The van der Waals surface area contributed by atoms with Gasteiger partial charge in [-0.15, -0.1) is 0 Å². The van der Waals surface area contributed by atoms with Gasteiger partial charge in [0.05, 0.1) is 12.0 Å². The van der Waals surface area contributed by atoms with E-state index in [1.807, 2.05) is 6.08 Å². The molecule has 0 aromatic carbocycles. The molecule has 0 N–H and O–H groups in total. The number of allylic oxidation sites excluding steroid dienone is 4. The molecule has 0 aromatic heterocycles. The van der Waals surface area contributed by atoms with Crippen molar-refractivity contribution >= 4 is 0 Å². The van der Waals surface area contributed by atoms with E-state index in [1.54, 1.807) is 0 Å². The topological polar surface area (TPSA) is 23.8 Å². The van der Waals surface area contributed by atoms with Gasteiger partial charge in [0.15, 0.2) is 0 Å². The van der Waals surface area contributed by atoms with E-state index in [4.69, 9.17) is 5.26 Å². The third-order valence-electron chi connectivity index (χ3n) is 2.48. The van der Waals surface area contributed by atoms with Gasteiger partial charge in [-0.05, 0) is 24.3 Å². The fraction of sp³-hybridized carbons (Fsp3) is 0.545. The van der Waals surface area contributed by atoms with E-state index in [9.17, 15) is 0 Å². The molecule has 2 atom stereocenters. The number of hydrogen-bond donors (Lipinski definition) is 0. The van der Waals surface area contributed by atoms with Gasteiger partial charge in [0.1, 0.15) is 0 Å². The quantitative estimate of drug-likeness (QED) is 0.610. The SMILES string of the molecule is CCC(C)C1=CCC(C#N)C=C1. The Kier molecular flexibility index (Phi) is 3.10. The average molecular weight is 161 g/mol. The summed E-state index contributed by atoms with van der Waals surface area (Å²) >= 11 is 0. The molecule has 1 aliphatic rings. The molecule has 1 rings (SSSR count). The Morgan fingerprint density at radius 3 is 2.92 bits per heavy atom. The highest BCUT2D eigenvalue weighted by Gasteiger charge is 2.10. The second-order valence-corrected chi connectivity index (χ2v) is 3.34. The molecule has 1 heteroatoms. The third kappa shape index (κ3) is 1.98. The van der Waals surface area contributed by atoms with Crippen LogP contribution in [0.25, 0.3) is 0 Å². The van der Waals surface area contributed by atoms with Crippen LogP contribution >= 0.6 is 0 Å². The standard InChI is InChI=1S/C11H15N/c1-3-9(2)11-6-4-10(8-12)5-7-11/h4,6-7,9-10H,3,5H2,1-2H3. The van der Waals surface area contributed by atoms with Crippen molar-refractivity contribution in [1.82, 2.24) is 0 Å². The van der Waals surface area contributed by atoms with Gasteiger partial charge in [0, 0.05) is 0 Å². The van der Waals surface area contributed by atoms with E-state index in [1.165, 1.54) is 12.0 Å². The highest BCUT2D eigenvalue weighted by Crippen LogP contribution is 2.22. The Balaban J connectivity index is 2.59. The molecule has 0 bridgehead atoms. The van der Waals surface area contributed by atoms with Crippen LogP contribution < -0.4 is 0 Å². The van der Waals surface area contributed by atoms with Crippen LogP contribution in [0.4, 0.5) is 0 Å². The lowest BCUT2D eigenvalue weighted by molar-refractivity contribution is 0.654. The molecule has 1 nitrogen and oxygen atoms in total. The summed E-state index contributed by atoms with van der Waals surface area (Å²) in [6.07, 6.45) is 8.38. The summed E-state index contributed by atoms with van der Waals surface area (Å²) in [6, 6.07) is 2.25. The maximum atomic E-state index is 8.64. The Labute approximate surface area is 74.4 Å². The van der Waals surface area contributed by atoms with Crippen LogP contribution in [0.5, 0.6) is 0 Å². The highest BCUT2D eigenvalue weighted by atomic mass is 14.3. The van der Waals surface area contributed by atoms with Gasteiger partial charge in [-0.3, -0.25) is 0 Å². The van der Waals surface area contributed by atoms with Gasteiger partial charge < -0.3 is 0 Å². The molecule has 12 heavy (non-hydrogen) atoms. The predicted molar refractivity (Wildman–Crippen MR) is 50.4 cm³/mol. The second kappa shape index (κ2) is 4.11. The lowest BCUT2D eigenvalue weighted by Gasteiger charge is -2.14. The molecule has 64 valence electrons.